The van der Waals surface area contributed by atoms with E-state index >= 15 is 0 Å². The second kappa shape index (κ2) is 4.34. The number of hydrogen-bond acceptors (Lipinski definition) is 4. The minimum Gasteiger partial charge on any atom is -0.384 e. The Bertz CT molecular complexity index is 233. The van der Waals surface area contributed by atoms with E-state index in [1.165, 1.54) is 0 Å². The van der Waals surface area contributed by atoms with Crippen LogP contribution in [0.3, 0.4) is 0 Å². The maximum Gasteiger partial charge on any atom is 0.375 e. The highest BCUT2D eigenvalue weighted by molar-refractivity contribution is 8.14. The van der Waals surface area contributed by atoms with Gasteiger partial charge < -0.3 is 4.74 Å². The van der Waals surface area contributed by atoms with Gasteiger partial charge in [-0.1, -0.05) is 20.8 Å². The number of carbonyl (C=O) groups is 2. The molecule has 0 saturated heterocycles. The molecule has 82 valence electrons. The Morgan fingerprint density at radius 3 is 1.71 bits per heavy atom. The van der Waals surface area contributed by atoms with Gasteiger partial charge in [0.1, 0.15) is 0 Å². The van der Waals surface area contributed by atoms with Crippen molar-refractivity contribution < 1.29 is 14.3 Å². The Labute approximate surface area is 89.6 Å². The van der Waals surface area contributed by atoms with E-state index in [9.17, 15) is 9.59 Å². The smallest absolute Gasteiger partial charge is 0.375 e. The molecule has 0 rings (SSSR count). The quantitative estimate of drug-likeness (QED) is 0.462. The van der Waals surface area contributed by atoms with Crippen LogP contribution in [0.4, 0.5) is 4.79 Å². The molecule has 3 nitrogen and oxygen atoms in total. The average Bonchev–Trinajstić information content (AvgIpc) is 1.79. The molecule has 14 heavy (non-hydrogen) atoms. The van der Waals surface area contributed by atoms with E-state index in [1.807, 2.05) is 20.8 Å². The van der Waals surface area contributed by atoms with E-state index in [1.54, 1.807) is 20.8 Å². The molecule has 0 saturated carbocycles. The molecule has 0 aromatic heterocycles. The summed E-state index contributed by atoms with van der Waals surface area (Å²) in [7, 11) is 0. The number of carbonyl (C=O) groups excluding carboxylic acids is 2. The molecule has 0 aromatic rings. The van der Waals surface area contributed by atoms with Crippen LogP contribution in [0.25, 0.3) is 0 Å². The minimum absolute atomic E-state index is 0.227. The maximum absolute atomic E-state index is 11.3. The lowest BCUT2D eigenvalue weighted by Gasteiger charge is -2.18. The minimum atomic E-state index is -0.631. The topological polar surface area (TPSA) is 43.4 Å². The van der Waals surface area contributed by atoms with Crippen molar-refractivity contribution >= 4 is 23.0 Å². The molecular formula is C10H18O3S. The SMILES string of the molecule is CC(C)(C)SC(=O)OC(=O)C(C)(C)C. The van der Waals surface area contributed by atoms with Crippen molar-refractivity contribution in [3.05, 3.63) is 0 Å². The highest BCUT2D eigenvalue weighted by Gasteiger charge is 2.27. The Morgan fingerprint density at radius 2 is 1.43 bits per heavy atom. The number of ether oxygens (including phenoxy) is 1. The first-order valence-electron chi connectivity index (χ1n) is 4.47. The number of rotatable bonds is 0. The highest BCUT2D eigenvalue weighted by Crippen LogP contribution is 2.26. The monoisotopic (exact) mass is 218 g/mol. The lowest BCUT2D eigenvalue weighted by molar-refractivity contribution is -0.145. The van der Waals surface area contributed by atoms with Gasteiger partial charge in [0.25, 0.3) is 0 Å². The van der Waals surface area contributed by atoms with Crippen LogP contribution in [0.5, 0.6) is 0 Å². The van der Waals surface area contributed by atoms with Crippen molar-refractivity contribution in [2.24, 2.45) is 5.41 Å². The third-order valence-electron chi connectivity index (χ3n) is 1.18. The second-order valence-electron chi connectivity index (χ2n) is 5.10. The summed E-state index contributed by atoms with van der Waals surface area (Å²) in [5, 5.41) is -0.530. The van der Waals surface area contributed by atoms with Crippen LogP contribution >= 0.6 is 11.8 Å². The van der Waals surface area contributed by atoms with Crippen molar-refractivity contribution in [2.45, 2.75) is 46.3 Å². The van der Waals surface area contributed by atoms with Gasteiger partial charge in [0, 0.05) is 4.75 Å². The van der Waals surface area contributed by atoms with E-state index in [-0.39, 0.29) is 4.75 Å². The molecule has 0 aliphatic heterocycles. The van der Waals surface area contributed by atoms with Crippen molar-refractivity contribution in [2.75, 3.05) is 0 Å². The van der Waals surface area contributed by atoms with Crippen LogP contribution in [0.15, 0.2) is 0 Å². The lowest BCUT2D eigenvalue weighted by atomic mass is 9.98. The fourth-order valence-electron chi connectivity index (χ4n) is 0.500. The molecule has 0 N–H and O–H groups in total. The average molecular weight is 218 g/mol. The zero-order chi connectivity index (χ0) is 11.6. The number of hydrogen-bond donors (Lipinski definition) is 0. The van der Waals surface area contributed by atoms with Gasteiger partial charge in [-0.25, -0.2) is 4.79 Å². The van der Waals surface area contributed by atoms with Crippen molar-refractivity contribution in [1.29, 1.82) is 0 Å². The van der Waals surface area contributed by atoms with E-state index in [0.29, 0.717) is 0 Å². The van der Waals surface area contributed by atoms with Gasteiger partial charge in [0.05, 0.1) is 5.41 Å². The maximum atomic E-state index is 11.3. The Morgan fingerprint density at radius 1 is 1.00 bits per heavy atom. The summed E-state index contributed by atoms with van der Waals surface area (Å²) in [5.41, 5.74) is -0.631. The zero-order valence-corrected chi connectivity index (χ0v) is 10.4. The molecule has 0 bridgehead atoms. The summed E-state index contributed by atoms with van der Waals surface area (Å²) in [4.78, 5) is 22.5. The molecular weight excluding hydrogens is 200 g/mol. The first kappa shape index (κ1) is 13.5. The molecule has 0 spiro atoms. The Kier molecular flexibility index (Phi) is 4.18. The van der Waals surface area contributed by atoms with Crippen LogP contribution in [-0.2, 0) is 9.53 Å². The Hall–Kier alpha value is -0.510. The highest BCUT2D eigenvalue weighted by atomic mass is 32.2. The first-order chi connectivity index (χ1) is 6.02. The normalized spacial score (nSPS) is 12.4. The van der Waals surface area contributed by atoms with Gasteiger partial charge in [0.15, 0.2) is 0 Å². The van der Waals surface area contributed by atoms with Gasteiger partial charge in [0.2, 0.25) is 0 Å². The summed E-state index contributed by atoms with van der Waals surface area (Å²) in [5.74, 6) is -0.487. The predicted octanol–water partition coefficient (Wildman–Crippen LogP) is 3.23. The third-order valence-corrected chi connectivity index (χ3v) is 2.04. The van der Waals surface area contributed by atoms with Crippen LogP contribution in [0.1, 0.15) is 41.5 Å². The van der Waals surface area contributed by atoms with Gasteiger partial charge in [-0.05, 0) is 32.5 Å². The van der Waals surface area contributed by atoms with E-state index < -0.39 is 16.7 Å². The van der Waals surface area contributed by atoms with Crippen LogP contribution in [0, 0.1) is 5.41 Å². The molecule has 0 aromatic carbocycles. The molecule has 0 heterocycles. The molecule has 0 aliphatic carbocycles. The molecule has 0 aliphatic rings. The summed E-state index contributed by atoms with van der Waals surface area (Å²) in [6.07, 6.45) is 0. The lowest BCUT2D eigenvalue weighted by Crippen LogP contribution is -2.25. The van der Waals surface area contributed by atoms with Gasteiger partial charge in [-0.15, -0.1) is 0 Å². The van der Waals surface area contributed by atoms with Crippen molar-refractivity contribution in [3.8, 4) is 0 Å². The molecule has 0 unspecified atom stereocenters. The molecule has 0 fully saturated rings. The fourth-order valence-corrected chi connectivity index (χ4v) is 1.12. The number of thioether (sulfide) groups is 1. The van der Waals surface area contributed by atoms with Crippen LogP contribution < -0.4 is 0 Å². The number of esters is 1. The van der Waals surface area contributed by atoms with Gasteiger partial charge in [-0.3, -0.25) is 4.79 Å². The van der Waals surface area contributed by atoms with Crippen molar-refractivity contribution in [3.63, 3.8) is 0 Å². The predicted molar refractivity (Wildman–Crippen MR) is 58.3 cm³/mol. The van der Waals surface area contributed by atoms with Crippen LogP contribution in [-0.4, -0.2) is 16.0 Å². The third kappa shape index (κ3) is 6.02. The summed E-state index contributed by atoms with van der Waals surface area (Å²) in [6.45, 7) is 10.8. The zero-order valence-electron chi connectivity index (χ0n) is 9.63. The van der Waals surface area contributed by atoms with E-state index in [2.05, 4.69) is 4.74 Å². The van der Waals surface area contributed by atoms with E-state index in [0.717, 1.165) is 11.8 Å². The molecule has 0 amide bonds. The summed E-state index contributed by atoms with van der Waals surface area (Å²) in [6, 6.07) is 0. The first-order valence-corrected chi connectivity index (χ1v) is 5.29. The molecule has 0 atom stereocenters. The fraction of sp³-hybridized carbons (Fsp3) is 0.800. The molecule has 0 radical (unpaired) electrons. The van der Waals surface area contributed by atoms with Gasteiger partial charge >= 0.3 is 11.3 Å². The van der Waals surface area contributed by atoms with Gasteiger partial charge in [-0.2, -0.15) is 0 Å². The van der Waals surface area contributed by atoms with E-state index in [4.69, 9.17) is 0 Å². The summed E-state index contributed by atoms with van der Waals surface area (Å²) >= 11 is 1.02. The summed E-state index contributed by atoms with van der Waals surface area (Å²) < 4.78 is 4.45. The largest absolute Gasteiger partial charge is 0.384 e. The van der Waals surface area contributed by atoms with Crippen molar-refractivity contribution in [1.82, 2.24) is 0 Å². The standard InChI is InChI=1S/C10H18O3S/c1-9(2,3)7(11)13-8(12)14-10(4,5)6/h1-6H3. The molecule has 4 heteroatoms. The van der Waals surface area contributed by atoms with Crippen LogP contribution in [0.2, 0.25) is 0 Å². The second-order valence-corrected chi connectivity index (χ2v) is 6.87. The Balaban J connectivity index is 4.16.